The smallest absolute Gasteiger partial charge is 0.317 e. The SMILES string of the molecule is Nc1ccccc1NC(=O)c1ccc(CN(CCCN2CCOCC2)C(=O)NCc2ccc(F)cc2)cc1. The summed E-state index contributed by atoms with van der Waals surface area (Å²) in [6.07, 6.45) is 0.822. The molecule has 0 saturated carbocycles. The normalized spacial score (nSPS) is 13.6. The number of amides is 3. The van der Waals surface area contributed by atoms with Crippen molar-refractivity contribution >= 4 is 23.3 Å². The van der Waals surface area contributed by atoms with Crippen molar-refractivity contribution in [3.8, 4) is 0 Å². The zero-order chi connectivity index (χ0) is 26.7. The van der Waals surface area contributed by atoms with Crippen molar-refractivity contribution in [2.75, 3.05) is 50.4 Å². The van der Waals surface area contributed by atoms with Crippen LogP contribution < -0.4 is 16.4 Å². The monoisotopic (exact) mass is 519 g/mol. The summed E-state index contributed by atoms with van der Waals surface area (Å²) in [7, 11) is 0. The van der Waals surface area contributed by atoms with Crippen LogP contribution in [0.15, 0.2) is 72.8 Å². The van der Waals surface area contributed by atoms with Gasteiger partial charge in [-0.1, -0.05) is 36.4 Å². The highest BCUT2D eigenvalue weighted by molar-refractivity contribution is 6.05. The highest BCUT2D eigenvalue weighted by Gasteiger charge is 2.16. The van der Waals surface area contributed by atoms with Crippen LogP contribution in [0, 0.1) is 5.82 Å². The summed E-state index contributed by atoms with van der Waals surface area (Å²) in [5.41, 5.74) is 9.21. The van der Waals surface area contributed by atoms with Gasteiger partial charge in [-0.25, -0.2) is 9.18 Å². The molecule has 0 aromatic heterocycles. The third kappa shape index (κ3) is 8.03. The molecule has 4 rings (SSSR count). The van der Waals surface area contributed by atoms with Crippen LogP contribution >= 0.6 is 0 Å². The Balaban J connectivity index is 1.37. The van der Waals surface area contributed by atoms with Gasteiger partial charge in [0.2, 0.25) is 0 Å². The number of hydrogen-bond donors (Lipinski definition) is 3. The maximum absolute atomic E-state index is 13.2. The molecule has 0 unspecified atom stereocenters. The molecule has 0 aliphatic carbocycles. The number of nitrogen functional groups attached to an aromatic ring is 1. The molecule has 1 saturated heterocycles. The Morgan fingerprint density at radius 2 is 1.63 bits per heavy atom. The molecule has 3 aromatic rings. The Kier molecular flexibility index (Phi) is 9.66. The maximum Gasteiger partial charge on any atom is 0.317 e. The minimum Gasteiger partial charge on any atom is -0.397 e. The number of urea groups is 1. The van der Waals surface area contributed by atoms with E-state index in [0.29, 0.717) is 36.6 Å². The third-order valence-electron chi connectivity index (χ3n) is 6.45. The van der Waals surface area contributed by atoms with Gasteiger partial charge in [-0.15, -0.1) is 0 Å². The van der Waals surface area contributed by atoms with E-state index in [1.807, 2.05) is 24.3 Å². The Morgan fingerprint density at radius 3 is 2.34 bits per heavy atom. The number of anilines is 2. The summed E-state index contributed by atoms with van der Waals surface area (Å²) in [6, 6.07) is 20.2. The van der Waals surface area contributed by atoms with Crippen molar-refractivity contribution in [3.05, 3.63) is 95.3 Å². The van der Waals surface area contributed by atoms with E-state index < -0.39 is 0 Å². The van der Waals surface area contributed by atoms with Crippen molar-refractivity contribution in [1.82, 2.24) is 15.1 Å². The lowest BCUT2D eigenvalue weighted by Crippen LogP contribution is -2.42. The fourth-order valence-electron chi connectivity index (χ4n) is 4.24. The van der Waals surface area contributed by atoms with Gasteiger partial charge in [0, 0.05) is 44.8 Å². The van der Waals surface area contributed by atoms with E-state index in [-0.39, 0.29) is 17.8 Å². The van der Waals surface area contributed by atoms with E-state index in [1.54, 1.807) is 41.3 Å². The van der Waals surface area contributed by atoms with E-state index >= 15 is 0 Å². The van der Waals surface area contributed by atoms with Crippen molar-refractivity contribution in [2.45, 2.75) is 19.5 Å². The van der Waals surface area contributed by atoms with Gasteiger partial charge in [0.25, 0.3) is 5.91 Å². The minimum absolute atomic E-state index is 0.197. The largest absolute Gasteiger partial charge is 0.397 e. The zero-order valence-corrected chi connectivity index (χ0v) is 21.4. The van der Waals surface area contributed by atoms with Crippen LogP contribution in [0.2, 0.25) is 0 Å². The van der Waals surface area contributed by atoms with Gasteiger partial charge in [0.1, 0.15) is 5.82 Å². The number of ether oxygens (including phenoxy) is 1. The van der Waals surface area contributed by atoms with Gasteiger partial charge >= 0.3 is 6.03 Å². The topological polar surface area (TPSA) is 99.9 Å². The number of carbonyl (C=O) groups excluding carboxylic acids is 2. The first-order valence-corrected chi connectivity index (χ1v) is 12.8. The molecule has 38 heavy (non-hydrogen) atoms. The summed E-state index contributed by atoms with van der Waals surface area (Å²) < 4.78 is 18.6. The summed E-state index contributed by atoms with van der Waals surface area (Å²) in [6.45, 7) is 5.42. The number of nitrogens with zero attached hydrogens (tertiary/aromatic N) is 2. The first kappa shape index (κ1) is 27.1. The first-order chi connectivity index (χ1) is 18.5. The van der Waals surface area contributed by atoms with Gasteiger partial charge in [-0.05, 0) is 53.9 Å². The summed E-state index contributed by atoms with van der Waals surface area (Å²) >= 11 is 0. The van der Waals surface area contributed by atoms with Gasteiger partial charge in [-0.2, -0.15) is 0 Å². The first-order valence-electron chi connectivity index (χ1n) is 12.8. The molecule has 0 bridgehead atoms. The average Bonchev–Trinajstić information content (AvgIpc) is 2.94. The molecular formula is C29H34FN5O3. The van der Waals surface area contributed by atoms with E-state index in [1.165, 1.54) is 12.1 Å². The molecule has 200 valence electrons. The summed E-state index contributed by atoms with van der Waals surface area (Å²) in [5.74, 6) is -0.567. The zero-order valence-electron chi connectivity index (χ0n) is 21.4. The number of carbonyl (C=O) groups is 2. The van der Waals surface area contributed by atoms with Crippen molar-refractivity contribution in [3.63, 3.8) is 0 Å². The maximum atomic E-state index is 13.2. The number of para-hydroxylation sites is 2. The van der Waals surface area contributed by atoms with Gasteiger partial charge in [0.15, 0.2) is 0 Å². The molecule has 3 amide bonds. The molecule has 1 fully saturated rings. The molecule has 3 aromatic carbocycles. The van der Waals surface area contributed by atoms with Crippen molar-refractivity contribution < 1.29 is 18.7 Å². The van der Waals surface area contributed by atoms with Crippen LogP contribution in [0.1, 0.15) is 27.9 Å². The average molecular weight is 520 g/mol. The number of hydrogen-bond acceptors (Lipinski definition) is 5. The molecule has 4 N–H and O–H groups in total. The minimum atomic E-state index is -0.311. The highest BCUT2D eigenvalue weighted by atomic mass is 19.1. The second-order valence-electron chi connectivity index (χ2n) is 9.25. The molecule has 1 aliphatic rings. The predicted molar refractivity (Wildman–Crippen MR) is 146 cm³/mol. The van der Waals surface area contributed by atoms with Crippen LogP contribution in [0.5, 0.6) is 0 Å². The third-order valence-corrected chi connectivity index (χ3v) is 6.45. The molecule has 1 heterocycles. The molecule has 0 atom stereocenters. The number of halogens is 1. The van der Waals surface area contributed by atoms with E-state index in [0.717, 1.165) is 50.4 Å². The van der Waals surface area contributed by atoms with Crippen LogP contribution in [0.25, 0.3) is 0 Å². The van der Waals surface area contributed by atoms with Crippen molar-refractivity contribution in [2.24, 2.45) is 0 Å². The number of rotatable bonds is 10. The number of nitrogens with two attached hydrogens (primary N) is 1. The lowest BCUT2D eigenvalue weighted by atomic mass is 10.1. The van der Waals surface area contributed by atoms with Gasteiger partial charge in [0.05, 0.1) is 24.6 Å². The molecule has 0 spiro atoms. The predicted octanol–water partition coefficient (Wildman–Crippen LogP) is 4.09. The van der Waals surface area contributed by atoms with Crippen LogP contribution in [0.4, 0.5) is 20.6 Å². The van der Waals surface area contributed by atoms with Gasteiger partial charge < -0.3 is 26.0 Å². The summed E-state index contributed by atoms with van der Waals surface area (Å²) in [4.78, 5) is 29.9. The number of benzene rings is 3. The number of morpholine rings is 1. The van der Waals surface area contributed by atoms with Crippen LogP contribution in [0.3, 0.4) is 0 Å². The standard InChI is InChI=1S/C29H34FN5O3/c30-25-12-8-22(9-13-25)20-32-29(37)35(15-3-14-34-16-18-38-19-17-34)21-23-6-10-24(11-7-23)28(36)33-27-5-2-1-4-26(27)31/h1-2,4-13H,3,14-21,31H2,(H,32,37)(H,33,36). The lowest BCUT2D eigenvalue weighted by molar-refractivity contribution is 0.0364. The Hall–Kier alpha value is -3.95. The fraction of sp³-hybridized carbons (Fsp3) is 0.310. The fourth-order valence-corrected chi connectivity index (χ4v) is 4.24. The van der Waals surface area contributed by atoms with Crippen molar-refractivity contribution in [1.29, 1.82) is 0 Å². The Labute approximate surface area is 222 Å². The molecule has 0 radical (unpaired) electrons. The lowest BCUT2D eigenvalue weighted by Gasteiger charge is -2.28. The quantitative estimate of drug-likeness (QED) is 0.351. The highest BCUT2D eigenvalue weighted by Crippen LogP contribution is 2.18. The molecule has 9 heteroatoms. The molecule has 8 nitrogen and oxygen atoms in total. The van der Waals surface area contributed by atoms with E-state index in [4.69, 9.17) is 10.5 Å². The number of nitrogens with one attached hydrogen (secondary N) is 2. The molecule has 1 aliphatic heterocycles. The molecular weight excluding hydrogens is 485 g/mol. The Bertz CT molecular complexity index is 1200. The second-order valence-corrected chi connectivity index (χ2v) is 9.25. The van der Waals surface area contributed by atoms with Gasteiger partial charge in [-0.3, -0.25) is 9.69 Å². The Morgan fingerprint density at radius 1 is 0.947 bits per heavy atom. The van der Waals surface area contributed by atoms with Crippen LogP contribution in [-0.2, 0) is 17.8 Å². The second kappa shape index (κ2) is 13.6. The van der Waals surface area contributed by atoms with E-state index in [9.17, 15) is 14.0 Å². The van der Waals surface area contributed by atoms with Crippen LogP contribution in [-0.4, -0.2) is 61.1 Å². The summed E-state index contributed by atoms with van der Waals surface area (Å²) in [5, 5.41) is 5.77. The van der Waals surface area contributed by atoms with E-state index in [2.05, 4.69) is 15.5 Å².